The smallest absolute Gasteiger partial charge is 0.230 e. The molecule has 0 N–H and O–H groups in total. The molecule has 1 saturated carbocycles. The Morgan fingerprint density at radius 1 is 1.32 bits per heavy atom. The van der Waals surface area contributed by atoms with E-state index in [4.69, 9.17) is 12.2 Å². The molecule has 5 heteroatoms. The molecule has 0 unspecified atom stereocenters. The number of hydrogen-bond acceptors (Lipinski definition) is 4. The van der Waals surface area contributed by atoms with Gasteiger partial charge in [-0.25, -0.2) is 0 Å². The summed E-state index contributed by atoms with van der Waals surface area (Å²) >= 11 is 5.59. The molecule has 2 nitrogen and oxygen atoms in total. The summed E-state index contributed by atoms with van der Waals surface area (Å²) in [5.41, 5.74) is 4.19. The van der Waals surface area contributed by atoms with Gasteiger partial charge in [0.15, 0.2) is 0 Å². The van der Waals surface area contributed by atoms with E-state index in [1.807, 2.05) is 0 Å². The van der Waals surface area contributed by atoms with Crippen LogP contribution >= 0.6 is 32.9 Å². The third kappa shape index (κ3) is 1.88. The zero-order chi connectivity index (χ0) is 15.6. The van der Waals surface area contributed by atoms with Gasteiger partial charge in [0.2, 0.25) is 5.91 Å². The van der Waals surface area contributed by atoms with Gasteiger partial charge in [0.25, 0.3) is 0 Å². The van der Waals surface area contributed by atoms with Crippen LogP contribution < -0.4 is 4.90 Å². The van der Waals surface area contributed by atoms with Crippen LogP contribution in [0.25, 0.3) is 11.1 Å². The van der Waals surface area contributed by atoms with Crippen molar-refractivity contribution in [2.45, 2.75) is 39.2 Å². The van der Waals surface area contributed by atoms with Crippen molar-refractivity contribution < 1.29 is 4.79 Å². The van der Waals surface area contributed by atoms with Gasteiger partial charge in [-0.2, -0.15) is 0 Å². The quantitative estimate of drug-likeness (QED) is 0.501. The first-order valence-corrected chi connectivity index (χ1v) is 10.1. The van der Waals surface area contributed by atoms with Crippen molar-refractivity contribution in [3.8, 4) is 11.1 Å². The zero-order valence-electron chi connectivity index (χ0n) is 12.8. The van der Waals surface area contributed by atoms with Gasteiger partial charge in [-0.1, -0.05) is 51.1 Å². The van der Waals surface area contributed by atoms with Gasteiger partial charge >= 0.3 is 0 Å². The van der Waals surface area contributed by atoms with Gasteiger partial charge in [-0.15, -0.1) is 0 Å². The Balaban J connectivity index is 2.06. The van der Waals surface area contributed by atoms with E-state index in [0.29, 0.717) is 0 Å². The Kier molecular flexibility index (Phi) is 3.13. The maximum atomic E-state index is 13.0. The molecule has 1 aliphatic carbocycles. The summed E-state index contributed by atoms with van der Waals surface area (Å²) in [6, 6.07) is 6.26. The minimum absolute atomic E-state index is 0.208. The highest BCUT2D eigenvalue weighted by Gasteiger charge is 2.47. The number of hydrogen-bond donors (Lipinski definition) is 0. The van der Waals surface area contributed by atoms with Crippen LogP contribution in [-0.4, -0.2) is 5.91 Å². The van der Waals surface area contributed by atoms with E-state index < -0.39 is 0 Å². The lowest BCUT2D eigenvalue weighted by Gasteiger charge is -2.44. The third-order valence-corrected chi connectivity index (χ3v) is 7.95. The molecule has 0 saturated heterocycles. The number of benzene rings is 1. The number of anilines is 1. The van der Waals surface area contributed by atoms with Gasteiger partial charge in [-0.05, 0) is 39.2 Å². The second-order valence-corrected chi connectivity index (χ2v) is 9.45. The van der Waals surface area contributed by atoms with Gasteiger partial charge in [-0.3, -0.25) is 4.79 Å². The van der Waals surface area contributed by atoms with Crippen molar-refractivity contribution in [2.24, 2.45) is 5.92 Å². The second-order valence-electron chi connectivity index (χ2n) is 6.64. The van der Waals surface area contributed by atoms with Crippen LogP contribution in [0, 0.1) is 16.7 Å². The third-order valence-electron chi connectivity index (χ3n) is 4.62. The van der Waals surface area contributed by atoms with Crippen molar-refractivity contribution in [1.29, 1.82) is 0 Å². The molecule has 1 aromatic heterocycles. The van der Waals surface area contributed by atoms with Gasteiger partial charge in [0, 0.05) is 17.0 Å². The maximum Gasteiger partial charge on any atom is 0.230 e. The molecule has 1 fully saturated rings. The molecule has 2 heterocycles. The monoisotopic (exact) mass is 347 g/mol. The molecule has 1 amide bonds. The number of rotatable bonds is 1. The normalized spacial score (nSPS) is 18.8. The van der Waals surface area contributed by atoms with E-state index in [9.17, 15) is 4.79 Å². The first-order chi connectivity index (χ1) is 10.4. The second kappa shape index (κ2) is 4.73. The average molecular weight is 348 g/mol. The molecule has 0 bridgehead atoms. The van der Waals surface area contributed by atoms with Crippen molar-refractivity contribution in [3.63, 3.8) is 0 Å². The van der Waals surface area contributed by atoms with Crippen LogP contribution in [0.1, 0.15) is 37.1 Å². The van der Waals surface area contributed by atoms with Crippen LogP contribution in [0.4, 0.5) is 5.69 Å². The molecule has 4 rings (SSSR count). The number of carbonyl (C=O) groups is 1. The van der Waals surface area contributed by atoms with Crippen molar-refractivity contribution in [1.82, 2.24) is 0 Å². The zero-order valence-corrected chi connectivity index (χ0v) is 15.3. The summed E-state index contributed by atoms with van der Waals surface area (Å²) in [5.74, 6) is 0.482. The Bertz CT molecular complexity index is 842. The lowest BCUT2D eigenvalue weighted by Crippen LogP contribution is -2.48. The largest absolute Gasteiger partial charge is 0.301 e. The lowest BCUT2D eigenvalue weighted by molar-refractivity contribution is -0.120. The number of nitrogens with zero attached hydrogens (tertiary/aromatic N) is 1. The van der Waals surface area contributed by atoms with Gasteiger partial charge < -0.3 is 4.90 Å². The minimum Gasteiger partial charge on any atom is -0.301 e. The summed E-state index contributed by atoms with van der Waals surface area (Å²) < 4.78 is 0.943. The highest BCUT2D eigenvalue weighted by atomic mass is 32.9. The van der Waals surface area contributed by atoms with Gasteiger partial charge in [0.1, 0.15) is 3.82 Å². The first-order valence-electron chi connectivity index (χ1n) is 7.50. The number of fused-ring (bicyclic) bond motifs is 3. The predicted octanol–water partition coefficient (Wildman–Crippen LogP) is 5.51. The molecule has 0 spiro atoms. The Morgan fingerprint density at radius 3 is 2.73 bits per heavy atom. The summed E-state index contributed by atoms with van der Waals surface area (Å²) in [4.78, 5) is 16.3. The van der Waals surface area contributed by atoms with Crippen molar-refractivity contribution in [3.05, 3.63) is 32.5 Å². The van der Waals surface area contributed by atoms with E-state index in [0.717, 1.165) is 33.5 Å². The molecule has 0 radical (unpaired) electrons. The molecular weight excluding hydrogens is 330 g/mol. The molecule has 2 aliphatic rings. The standard InChI is InChI=1S/C17H17NOS3/c1-9-5-4-6-11-12-14(21-22-16(12)20)17(2,3)18(13(9)11)15(19)10-7-8-10/h4-6,10H,7-8H2,1-3H3. The lowest BCUT2D eigenvalue weighted by atomic mass is 9.85. The average Bonchev–Trinajstić information content (AvgIpc) is 3.23. The minimum atomic E-state index is -0.327. The number of para-hydroxylation sites is 1. The predicted molar refractivity (Wildman–Crippen MR) is 96.4 cm³/mol. The van der Waals surface area contributed by atoms with E-state index >= 15 is 0 Å². The summed E-state index contributed by atoms with van der Waals surface area (Å²) in [7, 11) is 3.37. The number of amides is 1. The Hall–Kier alpha value is -1.04. The van der Waals surface area contributed by atoms with Crippen molar-refractivity contribution in [2.75, 3.05) is 4.90 Å². The van der Waals surface area contributed by atoms with Gasteiger partial charge in [0.05, 0.1) is 16.1 Å². The van der Waals surface area contributed by atoms with E-state index in [2.05, 4.69) is 43.9 Å². The van der Waals surface area contributed by atoms with E-state index in [1.165, 1.54) is 10.4 Å². The molecule has 2 aromatic rings. The van der Waals surface area contributed by atoms with Crippen molar-refractivity contribution >= 4 is 44.5 Å². The number of aryl methyl sites for hydroxylation is 1. The fourth-order valence-corrected chi connectivity index (χ4v) is 6.61. The fourth-order valence-electron chi connectivity index (χ4n) is 3.33. The molecule has 114 valence electrons. The summed E-state index contributed by atoms with van der Waals surface area (Å²) in [5, 5.41) is 0. The van der Waals surface area contributed by atoms with E-state index in [1.54, 1.807) is 20.7 Å². The molecular formula is C17H17NOS3. The topological polar surface area (TPSA) is 20.3 Å². The Labute approximate surface area is 142 Å². The van der Waals surface area contributed by atoms with Crippen LogP contribution in [0.3, 0.4) is 0 Å². The van der Waals surface area contributed by atoms with E-state index in [-0.39, 0.29) is 17.4 Å². The van der Waals surface area contributed by atoms with Crippen LogP contribution in [0.2, 0.25) is 0 Å². The molecule has 1 aliphatic heterocycles. The van der Waals surface area contributed by atoms with Crippen LogP contribution in [-0.2, 0) is 10.3 Å². The van der Waals surface area contributed by atoms with Crippen LogP contribution in [0.5, 0.6) is 0 Å². The first kappa shape index (κ1) is 14.5. The highest BCUT2D eigenvalue weighted by Crippen LogP contribution is 2.54. The summed E-state index contributed by atoms with van der Waals surface area (Å²) in [6.07, 6.45) is 2.05. The summed E-state index contributed by atoms with van der Waals surface area (Å²) in [6.45, 7) is 6.39. The molecule has 22 heavy (non-hydrogen) atoms. The molecule has 0 atom stereocenters. The highest BCUT2D eigenvalue weighted by molar-refractivity contribution is 7.80. The Morgan fingerprint density at radius 2 is 2.05 bits per heavy atom. The SMILES string of the molecule is Cc1cccc2c1N(C(=O)C1CC1)C(C)(C)c1ssc(=S)c1-2. The fraction of sp³-hybridized carbons (Fsp3) is 0.412. The van der Waals surface area contributed by atoms with Crippen LogP contribution in [0.15, 0.2) is 18.2 Å². The maximum absolute atomic E-state index is 13.0. The number of carbonyl (C=O) groups excluding carboxylic acids is 1. The molecule has 1 aromatic carbocycles.